The summed E-state index contributed by atoms with van der Waals surface area (Å²) in [6.07, 6.45) is 0. The van der Waals surface area contributed by atoms with Crippen molar-refractivity contribution in [2.24, 2.45) is 0 Å². The first-order valence-electron chi connectivity index (χ1n) is 6.63. The summed E-state index contributed by atoms with van der Waals surface area (Å²) in [5.74, 6) is 0.522. The Bertz CT molecular complexity index is 609. The van der Waals surface area contributed by atoms with Crippen molar-refractivity contribution in [2.45, 2.75) is 26.3 Å². The number of likely N-dealkylation sites (N-methyl/N-ethyl adjacent to an activating group) is 1. The molecule has 1 N–H and O–H groups in total. The summed E-state index contributed by atoms with van der Waals surface area (Å²) < 4.78 is 5.84. The molecule has 0 aliphatic heterocycles. The SMILES string of the molecule is CC(C)c1cc(NC(=O)CN(C)Cc2ccc(Cl)s2)on1. The highest BCUT2D eigenvalue weighted by molar-refractivity contribution is 7.16. The quantitative estimate of drug-likeness (QED) is 0.881. The van der Waals surface area contributed by atoms with Crippen LogP contribution in [-0.4, -0.2) is 29.6 Å². The van der Waals surface area contributed by atoms with Gasteiger partial charge in [-0.1, -0.05) is 30.6 Å². The van der Waals surface area contributed by atoms with E-state index in [9.17, 15) is 4.79 Å². The molecule has 0 spiro atoms. The zero-order valence-corrected chi connectivity index (χ0v) is 13.8. The zero-order chi connectivity index (χ0) is 15.4. The summed E-state index contributed by atoms with van der Waals surface area (Å²) in [6.45, 7) is 4.98. The average Bonchev–Trinajstić information content (AvgIpc) is 2.98. The van der Waals surface area contributed by atoms with Crippen LogP contribution < -0.4 is 5.32 Å². The molecule has 2 aromatic rings. The van der Waals surface area contributed by atoms with Crippen molar-refractivity contribution < 1.29 is 9.32 Å². The molecular weight excluding hydrogens is 310 g/mol. The van der Waals surface area contributed by atoms with Gasteiger partial charge in [-0.25, -0.2) is 0 Å². The van der Waals surface area contributed by atoms with Crippen LogP contribution in [0.25, 0.3) is 0 Å². The van der Waals surface area contributed by atoms with E-state index >= 15 is 0 Å². The highest BCUT2D eigenvalue weighted by Crippen LogP contribution is 2.22. The molecular formula is C14H18ClN3O2S. The van der Waals surface area contributed by atoms with E-state index in [-0.39, 0.29) is 18.4 Å². The van der Waals surface area contributed by atoms with Crippen molar-refractivity contribution in [3.8, 4) is 0 Å². The van der Waals surface area contributed by atoms with E-state index in [2.05, 4.69) is 10.5 Å². The lowest BCUT2D eigenvalue weighted by atomic mass is 10.1. The molecule has 0 unspecified atom stereocenters. The van der Waals surface area contributed by atoms with E-state index in [1.807, 2.05) is 37.9 Å². The van der Waals surface area contributed by atoms with Crippen LogP contribution in [0.5, 0.6) is 0 Å². The second kappa shape index (κ2) is 7.06. The molecule has 0 saturated carbocycles. The number of nitrogens with zero attached hydrogens (tertiary/aromatic N) is 2. The number of carbonyl (C=O) groups is 1. The first-order chi connectivity index (χ1) is 9.94. The number of nitrogens with one attached hydrogen (secondary N) is 1. The number of halogens is 1. The van der Waals surface area contributed by atoms with E-state index in [1.165, 1.54) is 11.3 Å². The van der Waals surface area contributed by atoms with Gasteiger partial charge in [-0.2, -0.15) is 0 Å². The lowest BCUT2D eigenvalue weighted by Gasteiger charge is -2.14. The number of amides is 1. The van der Waals surface area contributed by atoms with Gasteiger partial charge in [-0.05, 0) is 25.1 Å². The Morgan fingerprint density at radius 3 is 2.86 bits per heavy atom. The molecule has 2 heterocycles. The van der Waals surface area contributed by atoms with E-state index in [0.717, 1.165) is 14.9 Å². The summed E-state index contributed by atoms with van der Waals surface area (Å²) >= 11 is 7.40. The summed E-state index contributed by atoms with van der Waals surface area (Å²) in [7, 11) is 1.88. The molecule has 1 amide bonds. The maximum absolute atomic E-state index is 11.9. The van der Waals surface area contributed by atoms with Crippen LogP contribution in [0.3, 0.4) is 0 Å². The molecule has 0 fully saturated rings. The predicted molar refractivity (Wildman–Crippen MR) is 84.9 cm³/mol. The minimum atomic E-state index is -0.133. The zero-order valence-electron chi connectivity index (χ0n) is 12.2. The van der Waals surface area contributed by atoms with E-state index in [0.29, 0.717) is 12.4 Å². The highest BCUT2D eigenvalue weighted by atomic mass is 35.5. The second-order valence-corrected chi connectivity index (χ2v) is 7.00. The average molecular weight is 328 g/mol. The molecule has 2 rings (SSSR count). The highest BCUT2D eigenvalue weighted by Gasteiger charge is 2.12. The summed E-state index contributed by atoms with van der Waals surface area (Å²) in [5, 5.41) is 6.61. The van der Waals surface area contributed by atoms with Crippen LogP contribution in [0.4, 0.5) is 5.88 Å². The van der Waals surface area contributed by atoms with Crippen molar-refractivity contribution in [2.75, 3.05) is 18.9 Å². The van der Waals surface area contributed by atoms with Crippen molar-refractivity contribution >= 4 is 34.7 Å². The lowest BCUT2D eigenvalue weighted by Crippen LogP contribution is -2.29. The first-order valence-corrected chi connectivity index (χ1v) is 7.82. The topological polar surface area (TPSA) is 58.4 Å². The standard InChI is InChI=1S/C14H18ClN3O2S/c1-9(2)11-6-14(20-17-11)16-13(19)8-18(3)7-10-4-5-12(15)21-10/h4-6,9H,7-8H2,1-3H3,(H,16,19). The third kappa shape index (κ3) is 4.84. The maximum atomic E-state index is 11.9. The van der Waals surface area contributed by atoms with Crippen LogP contribution in [0.15, 0.2) is 22.7 Å². The Morgan fingerprint density at radius 2 is 2.29 bits per heavy atom. The van der Waals surface area contributed by atoms with Gasteiger partial charge >= 0.3 is 0 Å². The van der Waals surface area contributed by atoms with Crippen LogP contribution in [0, 0.1) is 0 Å². The molecule has 7 heteroatoms. The largest absolute Gasteiger partial charge is 0.338 e. The molecule has 2 aromatic heterocycles. The Kier molecular flexibility index (Phi) is 5.39. The van der Waals surface area contributed by atoms with E-state index in [1.54, 1.807) is 6.07 Å². The molecule has 0 saturated heterocycles. The maximum Gasteiger partial charge on any atom is 0.240 e. The molecule has 0 bridgehead atoms. The minimum Gasteiger partial charge on any atom is -0.338 e. The summed E-state index contributed by atoms with van der Waals surface area (Å²) in [4.78, 5) is 15.0. The number of aromatic nitrogens is 1. The van der Waals surface area contributed by atoms with Crippen molar-refractivity contribution in [1.29, 1.82) is 0 Å². The Morgan fingerprint density at radius 1 is 1.52 bits per heavy atom. The van der Waals surface area contributed by atoms with Crippen molar-refractivity contribution in [3.05, 3.63) is 33.1 Å². The van der Waals surface area contributed by atoms with Crippen LogP contribution >= 0.6 is 22.9 Å². The predicted octanol–water partition coefficient (Wildman–Crippen LogP) is 3.58. The number of thiophene rings is 1. The minimum absolute atomic E-state index is 0.133. The molecule has 114 valence electrons. The van der Waals surface area contributed by atoms with Gasteiger partial charge in [0, 0.05) is 17.5 Å². The smallest absolute Gasteiger partial charge is 0.240 e. The van der Waals surface area contributed by atoms with Gasteiger partial charge in [0.15, 0.2) is 0 Å². The van der Waals surface area contributed by atoms with Crippen LogP contribution in [-0.2, 0) is 11.3 Å². The molecule has 0 atom stereocenters. The number of anilines is 1. The Hall–Kier alpha value is -1.37. The third-order valence-electron chi connectivity index (χ3n) is 2.85. The molecule has 21 heavy (non-hydrogen) atoms. The first kappa shape index (κ1) is 16.0. The lowest BCUT2D eigenvalue weighted by molar-refractivity contribution is -0.117. The molecule has 0 radical (unpaired) electrons. The van der Waals surface area contributed by atoms with Gasteiger partial charge in [0.2, 0.25) is 11.8 Å². The molecule has 0 aliphatic carbocycles. The number of rotatable bonds is 6. The third-order valence-corrected chi connectivity index (χ3v) is 4.07. The van der Waals surface area contributed by atoms with E-state index in [4.69, 9.17) is 16.1 Å². The van der Waals surface area contributed by atoms with Crippen LogP contribution in [0.2, 0.25) is 4.34 Å². The Balaban J connectivity index is 1.83. The molecule has 5 nitrogen and oxygen atoms in total. The number of hydrogen-bond donors (Lipinski definition) is 1. The van der Waals surface area contributed by atoms with Crippen molar-refractivity contribution in [3.63, 3.8) is 0 Å². The monoisotopic (exact) mass is 327 g/mol. The fourth-order valence-corrected chi connectivity index (χ4v) is 2.97. The summed E-state index contributed by atoms with van der Waals surface area (Å²) in [5.41, 5.74) is 0.826. The number of carbonyl (C=O) groups excluding carboxylic acids is 1. The van der Waals surface area contributed by atoms with Gasteiger partial charge in [0.25, 0.3) is 0 Å². The van der Waals surface area contributed by atoms with E-state index < -0.39 is 0 Å². The van der Waals surface area contributed by atoms with Gasteiger partial charge in [0.05, 0.1) is 16.6 Å². The molecule has 0 aliphatic rings. The number of hydrogen-bond acceptors (Lipinski definition) is 5. The fourth-order valence-electron chi connectivity index (χ4n) is 1.80. The van der Waals surface area contributed by atoms with Gasteiger partial charge in [-0.3, -0.25) is 15.0 Å². The van der Waals surface area contributed by atoms with Gasteiger partial charge in [0.1, 0.15) is 0 Å². The van der Waals surface area contributed by atoms with Gasteiger partial charge < -0.3 is 4.52 Å². The Labute approximate surface area is 132 Å². The van der Waals surface area contributed by atoms with Crippen LogP contribution in [0.1, 0.15) is 30.3 Å². The van der Waals surface area contributed by atoms with Gasteiger partial charge in [-0.15, -0.1) is 11.3 Å². The second-order valence-electron chi connectivity index (χ2n) is 5.20. The normalized spacial score (nSPS) is 11.3. The molecule has 0 aromatic carbocycles. The summed E-state index contributed by atoms with van der Waals surface area (Å²) in [6, 6.07) is 5.58. The fraction of sp³-hybridized carbons (Fsp3) is 0.429. The van der Waals surface area contributed by atoms with Crippen molar-refractivity contribution in [1.82, 2.24) is 10.1 Å².